The lowest BCUT2D eigenvalue weighted by Crippen LogP contribution is -2.74. The van der Waals surface area contributed by atoms with Gasteiger partial charge in [0.05, 0.1) is 6.61 Å². The second-order valence-electron chi connectivity index (χ2n) is 9.26. The van der Waals surface area contributed by atoms with Gasteiger partial charge in [0.25, 0.3) is 0 Å². The summed E-state index contributed by atoms with van der Waals surface area (Å²) in [5.74, 6) is 1.16. The number of nitrogens with zero attached hydrogens (tertiary/aromatic N) is 3. The molecule has 5 nitrogen and oxygen atoms in total. The highest BCUT2D eigenvalue weighted by atomic mass is 16.5. The standard InChI is InChI=1S/C20H33N3O2/c24-19(21-9-3-4-10-21)18-12-25-20(13-22(18)11-16-7-8-16)14-23(15-20)17-5-1-2-6-17/h16-18H,1-15H2. The number of hydrogen-bond donors (Lipinski definition) is 0. The summed E-state index contributed by atoms with van der Waals surface area (Å²) in [6, 6.07) is 0.778. The zero-order valence-corrected chi connectivity index (χ0v) is 15.5. The molecule has 1 amide bonds. The highest BCUT2D eigenvalue weighted by molar-refractivity contribution is 5.82. The van der Waals surface area contributed by atoms with E-state index in [1.807, 2.05) is 0 Å². The monoisotopic (exact) mass is 347 g/mol. The average molecular weight is 348 g/mol. The van der Waals surface area contributed by atoms with Crippen molar-refractivity contribution in [2.24, 2.45) is 5.92 Å². The molecule has 3 saturated heterocycles. The molecule has 140 valence electrons. The molecule has 5 heteroatoms. The van der Waals surface area contributed by atoms with Crippen LogP contribution < -0.4 is 0 Å². The lowest BCUT2D eigenvalue weighted by atomic mass is 9.88. The highest BCUT2D eigenvalue weighted by Gasteiger charge is 2.53. The van der Waals surface area contributed by atoms with Gasteiger partial charge in [0.15, 0.2) is 0 Å². The Morgan fingerprint density at radius 2 is 1.68 bits per heavy atom. The first-order valence-electron chi connectivity index (χ1n) is 10.6. The summed E-state index contributed by atoms with van der Waals surface area (Å²) in [5, 5.41) is 0. The molecule has 25 heavy (non-hydrogen) atoms. The molecule has 0 N–H and O–H groups in total. The molecule has 0 aromatic heterocycles. The van der Waals surface area contributed by atoms with Crippen LogP contribution >= 0.6 is 0 Å². The lowest BCUT2D eigenvalue weighted by Gasteiger charge is -2.57. The highest BCUT2D eigenvalue weighted by Crippen LogP contribution is 2.38. The van der Waals surface area contributed by atoms with Crippen LogP contribution in [0.5, 0.6) is 0 Å². The van der Waals surface area contributed by atoms with Gasteiger partial charge in [-0.25, -0.2) is 0 Å². The molecule has 2 aliphatic carbocycles. The van der Waals surface area contributed by atoms with Gasteiger partial charge in [-0.05, 0) is 44.4 Å². The smallest absolute Gasteiger partial charge is 0.242 e. The molecule has 0 radical (unpaired) electrons. The number of rotatable bonds is 4. The Balaban J connectivity index is 1.24. The van der Waals surface area contributed by atoms with E-state index in [1.54, 1.807) is 0 Å². The maximum atomic E-state index is 13.0. The van der Waals surface area contributed by atoms with Crippen molar-refractivity contribution in [3.8, 4) is 0 Å². The van der Waals surface area contributed by atoms with Gasteiger partial charge in [-0.15, -0.1) is 0 Å². The zero-order valence-electron chi connectivity index (χ0n) is 15.5. The summed E-state index contributed by atoms with van der Waals surface area (Å²) >= 11 is 0. The predicted molar refractivity (Wildman–Crippen MR) is 96.4 cm³/mol. The molecule has 1 spiro atoms. The summed E-state index contributed by atoms with van der Waals surface area (Å²) in [7, 11) is 0. The molecule has 2 saturated carbocycles. The van der Waals surface area contributed by atoms with Crippen LogP contribution in [0.4, 0.5) is 0 Å². The van der Waals surface area contributed by atoms with E-state index in [1.165, 1.54) is 51.4 Å². The number of likely N-dealkylation sites (tertiary alicyclic amines) is 2. The Kier molecular flexibility index (Phi) is 4.30. The summed E-state index contributed by atoms with van der Waals surface area (Å²) in [6.45, 7) is 6.77. The van der Waals surface area contributed by atoms with E-state index in [9.17, 15) is 4.79 Å². The van der Waals surface area contributed by atoms with E-state index in [-0.39, 0.29) is 11.6 Å². The molecule has 5 fully saturated rings. The first-order valence-corrected chi connectivity index (χ1v) is 10.6. The third-order valence-electron chi connectivity index (χ3n) is 7.20. The van der Waals surface area contributed by atoms with Crippen LogP contribution in [-0.2, 0) is 9.53 Å². The van der Waals surface area contributed by atoms with Gasteiger partial charge in [-0.2, -0.15) is 0 Å². The molecule has 5 aliphatic rings. The normalized spacial score (nSPS) is 33.9. The van der Waals surface area contributed by atoms with Crippen LogP contribution in [-0.4, -0.2) is 84.2 Å². The van der Waals surface area contributed by atoms with E-state index in [2.05, 4.69) is 14.7 Å². The Morgan fingerprint density at radius 3 is 2.36 bits per heavy atom. The van der Waals surface area contributed by atoms with Crippen molar-refractivity contribution in [3.63, 3.8) is 0 Å². The molecule has 0 bridgehead atoms. The minimum atomic E-state index is -0.0233. The van der Waals surface area contributed by atoms with Gasteiger partial charge in [0, 0.05) is 45.3 Å². The number of morpholine rings is 1. The Labute approximate surface area is 151 Å². The molecule has 1 atom stereocenters. The first kappa shape index (κ1) is 16.5. The van der Waals surface area contributed by atoms with Crippen molar-refractivity contribution in [2.45, 2.75) is 69.1 Å². The van der Waals surface area contributed by atoms with Crippen LogP contribution in [0.3, 0.4) is 0 Å². The largest absolute Gasteiger partial charge is 0.369 e. The van der Waals surface area contributed by atoms with Gasteiger partial charge in [-0.3, -0.25) is 14.6 Å². The summed E-state index contributed by atoms with van der Waals surface area (Å²) in [6.07, 6.45) is 10.6. The topological polar surface area (TPSA) is 36.0 Å². The molecule has 3 heterocycles. The number of amides is 1. The first-order chi connectivity index (χ1) is 12.2. The van der Waals surface area contributed by atoms with E-state index >= 15 is 0 Å². The number of ether oxygens (including phenoxy) is 1. The fourth-order valence-corrected chi connectivity index (χ4v) is 5.50. The van der Waals surface area contributed by atoms with Crippen LogP contribution in [0.1, 0.15) is 51.4 Å². The molecular formula is C20H33N3O2. The Bertz CT molecular complexity index is 503. The van der Waals surface area contributed by atoms with E-state index in [0.717, 1.165) is 51.2 Å². The second kappa shape index (κ2) is 6.50. The van der Waals surface area contributed by atoms with Gasteiger partial charge in [0.2, 0.25) is 5.91 Å². The van der Waals surface area contributed by atoms with Gasteiger partial charge >= 0.3 is 0 Å². The molecule has 1 unspecified atom stereocenters. The van der Waals surface area contributed by atoms with Crippen molar-refractivity contribution >= 4 is 5.91 Å². The summed E-state index contributed by atoms with van der Waals surface area (Å²) in [5.41, 5.74) is 0.0132. The van der Waals surface area contributed by atoms with Crippen molar-refractivity contribution < 1.29 is 9.53 Å². The number of carbonyl (C=O) groups is 1. The maximum Gasteiger partial charge on any atom is 0.242 e. The summed E-state index contributed by atoms with van der Waals surface area (Å²) in [4.78, 5) is 20.2. The van der Waals surface area contributed by atoms with Gasteiger partial charge in [0.1, 0.15) is 11.6 Å². The second-order valence-corrected chi connectivity index (χ2v) is 9.26. The number of carbonyl (C=O) groups excluding carboxylic acids is 1. The van der Waals surface area contributed by atoms with Crippen molar-refractivity contribution in [2.75, 3.05) is 45.9 Å². The molecule has 0 aromatic carbocycles. The van der Waals surface area contributed by atoms with Crippen molar-refractivity contribution in [1.29, 1.82) is 0 Å². The third kappa shape index (κ3) is 3.24. The number of hydrogen-bond acceptors (Lipinski definition) is 4. The van der Waals surface area contributed by atoms with Crippen LogP contribution in [0.15, 0.2) is 0 Å². The van der Waals surface area contributed by atoms with E-state index < -0.39 is 0 Å². The van der Waals surface area contributed by atoms with E-state index in [0.29, 0.717) is 12.5 Å². The van der Waals surface area contributed by atoms with Crippen LogP contribution in [0, 0.1) is 5.92 Å². The van der Waals surface area contributed by atoms with Crippen LogP contribution in [0.25, 0.3) is 0 Å². The Morgan fingerprint density at radius 1 is 0.960 bits per heavy atom. The molecular weight excluding hydrogens is 314 g/mol. The van der Waals surface area contributed by atoms with Crippen molar-refractivity contribution in [3.05, 3.63) is 0 Å². The minimum Gasteiger partial charge on any atom is -0.369 e. The average Bonchev–Trinajstić information content (AvgIpc) is 3.08. The predicted octanol–water partition coefficient (Wildman–Crippen LogP) is 1.72. The fraction of sp³-hybridized carbons (Fsp3) is 0.950. The molecule has 0 aromatic rings. The quantitative estimate of drug-likeness (QED) is 0.776. The van der Waals surface area contributed by atoms with E-state index in [4.69, 9.17) is 4.74 Å². The van der Waals surface area contributed by atoms with Crippen molar-refractivity contribution in [1.82, 2.24) is 14.7 Å². The fourth-order valence-electron chi connectivity index (χ4n) is 5.50. The third-order valence-corrected chi connectivity index (χ3v) is 7.20. The lowest BCUT2D eigenvalue weighted by molar-refractivity contribution is -0.210. The Hall–Kier alpha value is -0.650. The zero-order chi connectivity index (χ0) is 16.9. The molecule has 3 aliphatic heterocycles. The molecule has 5 rings (SSSR count). The minimum absolute atomic E-state index is 0.0132. The van der Waals surface area contributed by atoms with Crippen LogP contribution in [0.2, 0.25) is 0 Å². The van der Waals surface area contributed by atoms with Gasteiger partial charge < -0.3 is 9.64 Å². The maximum absolute atomic E-state index is 13.0. The SMILES string of the molecule is O=C(C1COC2(CN(C3CCCC3)C2)CN1CC1CC1)N1CCCC1. The van der Waals surface area contributed by atoms with Gasteiger partial charge in [-0.1, -0.05) is 12.8 Å². The summed E-state index contributed by atoms with van der Waals surface area (Å²) < 4.78 is 6.39.